The van der Waals surface area contributed by atoms with Gasteiger partial charge in [0.15, 0.2) is 5.82 Å². The predicted octanol–water partition coefficient (Wildman–Crippen LogP) is 2.65. The van der Waals surface area contributed by atoms with Crippen LogP contribution >= 0.6 is 7.75 Å². The van der Waals surface area contributed by atoms with Gasteiger partial charge in [0.1, 0.15) is 54.1 Å². The Morgan fingerprint density at radius 2 is 1.87 bits per heavy atom. The second-order valence-electron chi connectivity index (χ2n) is 11.2. The SMILES string of the molecule is N#C[C@@]1(c2ccc3c(N)ncnn23)O[C@H](CO[P@@](=O)(N[C@@H](Cc2ccccc2)C(=O)OC2CCC2)Oc2ccccc2)[C@@H](O)[C@H]1O. The van der Waals surface area contributed by atoms with Gasteiger partial charge in [0.25, 0.3) is 0 Å². The Bertz CT molecular complexity index is 1770. The molecule has 1 aliphatic carbocycles. The molecule has 2 fully saturated rings. The summed E-state index contributed by atoms with van der Waals surface area (Å²) in [5, 5.41) is 39.3. The van der Waals surface area contributed by atoms with Gasteiger partial charge in [-0.2, -0.15) is 15.4 Å². The molecule has 0 bridgehead atoms. The molecule has 3 heterocycles. The standard InChI is InChI=1S/C31H33N6O8P/c32-18-31(26-15-14-24-29(33)34-19-35-37(24)26)28(39)27(38)25(44-31)17-42-46(41,45-22-10-5-2-6-11-22)36-23(16-20-8-3-1-4-9-20)30(40)43-21-12-7-13-21/h1-6,8-11,14-15,19,21,23,25,27-28,38-39H,7,12-13,16-17H2,(H,36,41)(H2,33,34,35)/t23-,25+,27+,28+,31-,46-/m0/s1. The van der Waals surface area contributed by atoms with Gasteiger partial charge in [0, 0.05) is 0 Å². The van der Waals surface area contributed by atoms with E-state index in [4.69, 9.17) is 24.3 Å². The summed E-state index contributed by atoms with van der Waals surface area (Å²) in [6, 6.07) is 21.2. The first-order valence-corrected chi connectivity index (χ1v) is 16.3. The molecule has 1 aliphatic heterocycles. The van der Waals surface area contributed by atoms with Crippen LogP contribution in [0, 0.1) is 11.3 Å². The molecule has 2 aromatic heterocycles. The zero-order valence-electron chi connectivity index (χ0n) is 24.6. The number of nitrogens with one attached hydrogen (secondary N) is 1. The minimum Gasteiger partial charge on any atom is -0.461 e. The van der Waals surface area contributed by atoms with Crippen LogP contribution in [0.3, 0.4) is 0 Å². The first-order chi connectivity index (χ1) is 22.2. The van der Waals surface area contributed by atoms with E-state index in [-0.39, 0.29) is 29.8 Å². The molecule has 5 N–H and O–H groups in total. The third kappa shape index (κ3) is 6.34. The molecule has 15 heteroatoms. The fraction of sp³-hybridized carbons (Fsp3) is 0.355. The van der Waals surface area contributed by atoms with E-state index in [1.807, 2.05) is 36.4 Å². The van der Waals surface area contributed by atoms with Crippen molar-refractivity contribution in [1.29, 1.82) is 5.26 Å². The summed E-state index contributed by atoms with van der Waals surface area (Å²) in [5.41, 5.74) is 5.07. The number of benzene rings is 2. The van der Waals surface area contributed by atoms with E-state index in [9.17, 15) is 24.8 Å². The highest BCUT2D eigenvalue weighted by Crippen LogP contribution is 2.47. The number of ether oxygens (including phenoxy) is 2. The molecule has 0 spiro atoms. The number of fused-ring (bicyclic) bond motifs is 1. The number of nitrogens with zero attached hydrogens (tertiary/aromatic N) is 4. The number of hydrogen-bond donors (Lipinski definition) is 4. The molecule has 0 amide bonds. The normalized spacial score (nSPS) is 24.8. The maximum atomic E-state index is 14.4. The van der Waals surface area contributed by atoms with Gasteiger partial charge in [-0.1, -0.05) is 48.5 Å². The van der Waals surface area contributed by atoms with E-state index in [0.717, 1.165) is 24.8 Å². The Morgan fingerprint density at radius 3 is 2.54 bits per heavy atom. The summed E-state index contributed by atoms with van der Waals surface area (Å²) >= 11 is 0. The van der Waals surface area contributed by atoms with Crippen LogP contribution in [-0.2, 0) is 35.4 Å². The first-order valence-electron chi connectivity index (χ1n) is 14.8. The summed E-state index contributed by atoms with van der Waals surface area (Å²) in [4.78, 5) is 17.3. The summed E-state index contributed by atoms with van der Waals surface area (Å²) in [6.45, 7) is -0.602. The summed E-state index contributed by atoms with van der Waals surface area (Å²) in [5.74, 6) is -0.305. The fourth-order valence-corrected chi connectivity index (χ4v) is 6.89. The summed E-state index contributed by atoms with van der Waals surface area (Å²) in [7, 11) is -4.43. The van der Waals surface area contributed by atoms with Gasteiger partial charge >= 0.3 is 13.7 Å². The number of para-hydroxylation sites is 1. The van der Waals surface area contributed by atoms with Gasteiger partial charge in [-0.15, -0.1) is 0 Å². The van der Waals surface area contributed by atoms with Gasteiger partial charge in [-0.05, 0) is 55.5 Å². The largest absolute Gasteiger partial charge is 0.461 e. The van der Waals surface area contributed by atoms with Crippen molar-refractivity contribution >= 4 is 25.1 Å². The maximum Gasteiger partial charge on any atom is 0.459 e. The second kappa shape index (κ2) is 13.2. The molecule has 1 saturated carbocycles. The van der Waals surface area contributed by atoms with E-state index >= 15 is 0 Å². The molecule has 0 radical (unpaired) electrons. The molecule has 1 saturated heterocycles. The molecule has 0 unspecified atom stereocenters. The zero-order chi connectivity index (χ0) is 32.3. The molecule has 4 aromatic rings. The summed E-state index contributed by atoms with van der Waals surface area (Å²) in [6.07, 6.45) is -1.26. The lowest BCUT2D eigenvalue weighted by atomic mass is 9.92. The molecule has 46 heavy (non-hydrogen) atoms. The number of aliphatic hydroxyl groups excluding tert-OH is 2. The maximum absolute atomic E-state index is 14.4. The number of nitriles is 1. The Morgan fingerprint density at radius 1 is 1.15 bits per heavy atom. The van der Waals surface area contributed by atoms with Crippen molar-refractivity contribution in [3.05, 3.63) is 90.4 Å². The van der Waals surface area contributed by atoms with Gasteiger partial charge < -0.3 is 29.9 Å². The first kappa shape index (κ1) is 31.6. The number of nitrogen functional groups attached to an aromatic ring is 1. The molecule has 240 valence electrons. The van der Waals surface area contributed by atoms with Crippen molar-refractivity contribution in [2.24, 2.45) is 0 Å². The number of carbonyl (C=O) groups is 1. The fourth-order valence-electron chi connectivity index (χ4n) is 5.39. The molecular weight excluding hydrogens is 615 g/mol. The Hall–Kier alpha value is -4.35. The predicted molar refractivity (Wildman–Crippen MR) is 163 cm³/mol. The molecule has 14 nitrogen and oxygen atoms in total. The Balaban J connectivity index is 1.26. The van der Waals surface area contributed by atoms with E-state index < -0.39 is 50.3 Å². The van der Waals surface area contributed by atoms with Crippen LogP contribution in [-0.4, -0.2) is 67.8 Å². The lowest BCUT2D eigenvalue weighted by Crippen LogP contribution is -2.42. The number of esters is 1. The lowest BCUT2D eigenvalue weighted by Gasteiger charge is -2.30. The minimum absolute atomic E-state index is 0.0941. The van der Waals surface area contributed by atoms with Crippen molar-refractivity contribution in [1.82, 2.24) is 19.7 Å². The average molecular weight is 649 g/mol. The number of aliphatic hydroxyl groups is 2. The number of nitrogens with two attached hydrogens (primary N) is 1. The van der Waals surface area contributed by atoms with Crippen LogP contribution in [0.5, 0.6) is 5.75 Å². The Kier molecular flexibility index (Phi) is 9.06. The number of rotatable bonds is 12. The van der Waals surface area contributed by atoms with Crippen molar-refractivity contribution < 1.29 is 38.1 Å². The third-order valence-electron chi connectivity index (χ3n) is 8.08. The van der Waals surface area contributed by atoms with Crippen LogP contribution in [0.15, 0.2) is 79.1 Å². The Labute approximate surface area is 264 Å². The van der Waals surface area contributed by atoms with Gasteiger partial charge in [0.2, 0.25) is 5.60 Å². The van der Waals surface area contributed by atoms with Gasteiger partial charge in [-0.3, -0.25) is 9.32 Å². The monoisotopic (exact) mass is 648 g/mol. The topological polar surface area (TPSA) is 204 Å². The second-order valence-corrected chi connectivity index (χ2v) is 12.9. The van der Waals surface area contributed by atoms with Gasteiger partial charge in [-0.25, -0.2) is 14.1 Å². The van der Waals surface area contributed by atoms with E-state index in [0.29, 0.717) is 5.52 Å². The number of hydrogen-bond acceptors (Lipinski definition) is 12. The zero-order valence-corrected chi connectivity index (χ0v) is 25.5. The highest BCUT2D eigenvalue weighted by molar-refractivity contribution is 7.52. The molecule has 6 atom stereocenters. The molecule has 6 rings (SSSR count). The van der Waals surface area contributed by atoms with Crippen LogP contribution in [0.2, 0.25) is 0 Å². The highest BCUT2D eigenvalue weighted by atomic mass is 31.2. The van der Waals surface area contributed by atoms with E-state index in [1.165, 1.54) is 16.9 Å². The number of anilines is 1. The van der Waals surface area contributed by atoms with Gasteiger partial charge in [0.05, 0.1) is 12.3 Å². The van der Waals surface area contributed by atoms with Crippen LogP contribution < -0.4 is 15.3 Å². The highest BCUT2D eigenvalue weighted by Gasteiger charge is 2.58. The molecule has 2 aromatic carbocycles. The number of carbonyl (C=O) groups excluding carboxylic acids is 1. The van der Waals surface area contributed by atoms with Crippen molar-refractivity contribution in [3.8, 4) is 11.8 Å². The van der Waals surface area contributed by atoms with Crippen molar-refractivity contribution in [2.45, 2.75) is 61.7 Å². The summed E-state index contributed by atoms with van der Waals surface area (Å²) < 4.78 is 39.0. The molecular formula is C31H33N6O8P. The third-order valence-corrected chi connectivity index (χ3v) is 9.65. The van der Waals surface area contributed by atoms with Crippen LogP contribution in [0.1, 0.15) is 30.5 Å². The van der Waals surface area contributed by atoms with E-state index in [1.54, 1.807) is 36.4 Å². The lowest BCUT2D eigenvalue weighted by molar-refractivity contribution is -0.155. The van der Waals surface area contributed by atoms with E-state index in [2.05, 4.69) is 15.2 Å². The quantitative estimate of drug-likeness (QED) is 0.129. The smallest absolute Gasteiger partial charge is 0.459 e. The molecule has 2 aliphatic rings. The van der Waals surface area contributed by atoms with Crippen LogP contribution in [0.4, 0.5) is 5.82 Å². The minimum atomic E-state index is -4.43. The number of aromatic nitrogens is 3. The van der Waals surface area contributed by atoms with Crippen molar-refractivity contribution in [2.75, 3.05) is 12.3 Å². The van der Waals surface area contributed by atoms with Crippen LogP contribution in [0.25, 0.3) is 5.52 Å². The van der Waals surface area contributed by atoms with Crippen molar-refractivity contribution in [3.63, 3.8) is 0 Å². The average Bonchev–Trinajstić information content (AvgIpc) is 3.59.